The van der Waals surface area contributed by atoms with Crippen LogP contribution in [0.2, 0.25) is 0 Å². The predicted molar refractivity (Wildman–Crippen MR) is 96.5 cm³/mol. The first kappa shape index (κ1) is 21.2. The fourth-order valence-corrected chi connectivity index (χ4v) is 2.89. The Morgan fingerprint density at radius 3 is 2.16 bits per heavy atom. The average Bonchev–Trinajstić information content (AvgIpc) is 2.57. The van der Waals surface area contributed by atoms with Crippen molar-refractivity contribution in [3.05, 3.63) is 17.7 Å². The largest absolute Gasteiger partial charge is 0.493 e. The van der Waals surface area contributed by atoms with E-state index >= 15 is 0 Å². The molecule has 7 nitrogen and oxygen atoms in total. The Morgan fingerprint density at radius 1 is 1.12 bits per heavy atom. The molecule has 0 fully saturated rings. The summed E-state index contributed by atoms with van der Waals surface area (Å²) in [6.45, 7) is 7.34. The van der Waals surface area contributed by atoms with Crippen molar-refractivity contribution in [2.45, 2.75) is 38.5 Å². The molecule has 0 heterocycles. The number of benzene rings is 1. The molecule has 0 unspecified atom stereocenters. The van der Waals surface area contributed by atoms with Gasteiger partial charge in [-0.25, -0.2) is 13.7 Å². The molecule has 8 heteroatoms. The molecule has 1 aromatic rings. The van der Waals surface area contributed by atoms with Crippen molar-refractivity contribution in [2.24, 2.45) is 0 Å². The summed E-state index contributed by atoms with van der Waals surface area (Å²) >= 11 is 0. The fraction of sp³-hybridized carbons (Fsp3) is 0.588. The van der Waals surface area contributed by atoms with E-state index in [-0.39, 0.29) is 6.61 Å². The lowest BCUT2D eigenvalue weighted by Gasteiger charge is -2.25. The molecule has 0 spiro atoms. The lowest BCUT2D eigenvalue weighted by Crippen LogP contribution is -2.39. The van der Waals surface area contributed by atoms with Crippen molar-refractivity contribution in [2.75, 3.05) is 27.9 Å². The van der Waals surface area contributed by atoms with Gasteiger partial charge in [-0.2, -0.15) is 0 Å². The van der Waals surface area contributed by atoms with Crippen LogP contribution in [0.4, 0.5) is 0 Å². The highest BCUT2D eigenvalue weighted by Gasteiger charge is 2.32. The molecule has 1 aromatic carbocycles. The van der Waals surface area contributed by atoms with E-state index in [1.807, 2.05) is 20.8 Å². The number of hydrogen-bond acceptors (Lipinski definition) is 6. The summed E-state index contributed by atoms with van der Waals surface area (Å²) in [5.41, 5.74) is 0.455. The van der Waals surface area contributed by atoms with Gasteiger partial charge in [0.25, 0.3) is 0 Å². The summed E-state index contributed by atoms with van der Waals surface area (Å²) in [5, 5.41) is 0. The van der Waals surface area contributed by atoms with E-state index in [0.717, 1.165) is 0 Å². The molecule has 0 aromatic heterocycles. The number of rotatable bonds is 8. The van der Waals surface area contributed by atoms with Crippen LogP contribution in [0.5, 0.6) is 17.2 Å². The second kappa shape index (κ2) is 9.05. The van der Waals surface area contributed by atoms with Crippen molar-refractivity contribution in [3.8, 4) is 17.2 Å². The van der Waals surface area contributed by atoms with Gasteiger partial charge >= 0.3 is 5.97 Å². The Kier molecular flexibility index (Phi) is 7.69. The van der Waals surface area contributed by atoms with Gasteiger partial charge < -0.3 is 18.9 Å². The van der Waals surface area contributed by atoms with E-state index in [9.17, 15) is 9.00 Å². The first-order valence-electron chi connectivity index (χ1n) is 7.84. The Bertz CT molecular complexity index is 626. The zero-order valence-electron chi connectivity index (χ0n) is 15.8. The maximum Gasteiger partial charge on any atom is 0.328 e. The molecule has 1 N–H and O–H groups in total. The number of hydrogen-bond donors (Lipinski definition) is 1. The molecule has 0 saturated heterocycles. The van der Waals surface area contributed by atoms with Crippen LogP contribution in [0.25, 0.3) is 0 Å². The quantitative estimate of drug-likeness (QED) is 0.705. The van der Waals surface area contributed by atoms with E-state index in [4.69, 9.17) is 18.9 Å². The van der Waals surface area contributed by atoms with Crippen LogP contribution in [-0.4, -0.2) is 42.9 Å². The molecular formula is C17H27NO6S. The van der Waals surface area contributed by atoms with Crippen molar-refractivity contribution < 1.29 is 28.0 Å². The Morgan fingerprint density at radius 2 is 1.72 bits per heavy atom. The van der Waals surface area contributed by atoms with Crippen LogP contribution >= 0.6 is 0 Å². The minimum atomic E-state index is -1.50. The summed E-state index contributed by atoms with van der Waals surface area (Å²) in [6, 6.07) is 2.34. The van der Waals surface area contributed by atoms with Crippen molar-refractivity contribution in [3.63, 3.8) is 0 Å². The minimum Gasteiger partial charge on any atom is -0.493 e. The van der Waals surface area contributed by atoms with Crippen LogP contribution in [-0.2, 0) is 20.5 Å². The highest BCUT2D eigenvalue weighted by Crippen LogP contribution is 2.42. The van der Waals surface area contributed by atoms with Crippen LogP contribution < -0.4 is 18.9 Å². The van der Waals surface area contributed by atoms with E-state index in [1.165, 1.54) is 21.3 Å². The van der Waals surface area contributed by atoms with E-state index in [0.29, 0.717) is 22.8 Å². The second-order valence-electron chi connectivity index (χ2n) is 6.11. The van der Waals surface area contributed by atoms with Gasteiger partial charge in [-0.1, -0.05) is 0 Å². The van der Waals surface area contributed by atoms with Crippen molar-refractivity contribution in [1.29, 1.82) is 0 Å². The van der Waals surface area contributed by atoms with E-state index in [2.05, 4.69) is 4.72 Å². The van der Waals surface area contributed by atoms with Crippen LogP contribution in [0.1, 0.15) is 39.3 Å². The topological polar surface area (TPSA) is 83.1 Å². The number of carbonyl (C=O) groups excluding carboxylic acids is 1. The second-order valence-corrected chi connectivity index (χ2v) is 8.11. The molecule has 0 aliphatic carbocycles. The summed E-state index contributed by atoms with van der Waals surface area (Å²) < 4.78 is 36.0. The van der Waals surface area contributed by atoms with Crippen molar-refractivity contribution in [1.82, 2.24) is 4.72 Å². The molecule has 0 radical (unpaired) electrons. The molecule has 25 heavy (non-hydrogen) atoms. The number of ether oxygens (including phenoxy) is 4. The lowest BCUT2D eigenvalue weighted by atomic mass is 10.1. The van der Waals surface area contributed by atoms with Gasteiger partial charge in [0.2, 0.25) is 5.75 Å². The molecule has 0 aliphatic heterocycles. The van der Waals surface area contributed by atoms with Crippen LogP contribution in [0.3, 0.4) is 0 Å². The molecular weight excluding hydrogens is 346 g/mol. The van der Waals surface area contributed by atoms with Gasteiger partial charge in [-0.05, 0) is 39.8 Å². The van der Waals surface area contributed by atoms with Gasteiger partial charge in [0, 0.05) is 5.56 Å². The van der Waals surface area contributed by atoms with Gasteiger partial charge in [0.05, 0.1) is 43.7 Å². The summed E-state index contributed by atoms with van der Waals surface area (Å²) in [7, 11) is 2.95. The summed E-state index contributed by atoms with van der Waals surface area (Å²) in [6.07, 6.45) is 0. The van der Waals surface area contributed by atoms with E-state index in [1.54, 1.807) is 19.1 Å². The summed E-state index contributed by atoms with van der Waals surface area (Å²) in [4.78, 5) is 12.5. The Hall–Kier alpha value is -1.80. The summed E-state index contributed by atoms with van der Waals surface area (Å²) in [5.74, 6) is 0.576. The van der Waals surface area contributed by atoms with Crippen LogP contribution in [0, 0.1) is 0 Å². The average molecular weight is 373 g/mol. The third-order valence-electron chi connectivity index (χ3n) is 3.35. The standard InChI is InChI=1S/C17H27NO6S/c1-8-24-16(19)13(18-25(20)17(2,3)4)11-9-10-12(21-5)15(23-7)14(11)22-6/h9-10,13,18H,8H2,1-7H3/t13-,25-/m1/s1. The first-order chi connectivity index (χ1) is 11.7. The molecule has 2 atom stereocenters. The van der Waals surface area contributed by atoms with E-state index < -0.39 is 27.7 Å². The monoisotopic (exact) mass is 373 g/mol. The number of methoxy groups -OCH3 is 3. The highest BCUT2D eigenvalue weighted by molar-refractivity contribution is 7.84. The molecule has 0 bridgehead atoms. The van der Waals surface area contributed by atoms with Gasteiger partial charge in [0.15, 0.2) is 11.5 Å². The third kappa shape index (κ3) is 5.09. The SMILES string of the molecule is CCOC(=O)[C@H](N[S@](=O)C(C)(C)C)c1ccc(OC)c(OC)c1OC. The number of esters is 1. The molecule has 0 aliphatic rings. The zero-order chi connectivity index (χ0) is 19.2. The number of carbonyl (C=O) groups is 1. The van der Waals surface area contributed by atoms with Gasteiger partial charge in [-0.15, -0.1) is 0 Å². The fourth-order valence-electron chi connectivity index (χ4n) is 2.10. The Balaban J connectivity index is 3.44. The lowest BCUT2D eigenvalue weighted by molar-refractivity contribution is -0.145. The van der Waals surface area contributed by atoms with Gasteiger partial charge in [-0.3, -0.25) is 0 Å². The Labute approximate surface area is 151 Å². The van der Waals surface area contributed by atoms with Gasteiger partial charge in [0.1, 0.15) is 6.04 Å². The molecule has 0 saturated carbocycles. The first-order valence-corrected chi connectivity index (χ1v) is 8.99. The molecule has 142 valence electrons. The zero-order valence-corrected chi connectivity index (χ0v) is 16.6. The maximum atomic E-state index is 12.5. The van der Waals surface area contributed by atoms with Crippen molar-refractivity contribution >= 4 is 17.0 Å². The number of nitrogens with one attached hydrogen (secondary N) is 1. The predicted octanol–water partition coefficient (Wildman–Crippen LogP) is 2.37. The minimum absolute atomic E-state index is 0.203. The highest BCUT2D eigenvalue weighted by atomic mass is 32.2. The van der Waals surface area contributed by atoms with Crippen LogP contribution in [0.15, 0.2) is 12.1 Å². The molecule has 0 amide bonds. The normalized spacial score (nSPS) is 13.7. The maximum absolute atomic E-state index is 12.5. The smallest absolute Gasteiger partial charge is 0.328 e. The third-order valence-corrected chi connectivity index (χ3v) is 4.91. The molecule has 1 rings (SSSR count).